The zero-order valence-corrected chi connectivity index (χ0v) is 10.5. The maximum Gasteiger partial charge on any atom is 0.352 e. The molecule has 0 fully saturated rings. The predicted molar refractivity (Wildman–Crippen MR) is 73.0 cm³/mol. The molecule has 0 unspecified atom stereocenters. The Balaban J connectivity index is 2.00. The van der Waals surface area contributed by atoms with E-state index in [4.69, 9.17) is 5.11 Å². The minimum atomic E-state index is -1.07. The number of rotatable bonds is 3. The van der Waals surface area contributed by atoms with Crippen molar-refractivity contribution in [1.29, 1.82) is 0 Å². The summed E-state index contributed by atoms with van der Waals surface area (Å²) in [6.07, 6.45) is 1.43. The van der Waals surface area contributed by atoms with Gasteiger partial charge in [-0.25, -0.2) is 4.79 Å². The number of carbonyl (C=O) groups excluding carboxylic acids is 1. The molecule has 3 aromatic rings. The molecule has 0 spiro atoms. The van der Waals surface area contributed by atoms with Gasteiger partial charge in [0, 0.05) is 16.5 Å². The lowest BCUT2D eigenvalue weighted by Gasteiger charge is -1.91. The molecular formula is C14H9NO3S. The van der Waals surface area contributed by atoms with Gasteiger partial charge in [-0.05, 0) is 23.6 Å². The summed E-state index contributed by atoms with van der Waals surface area (Å²) in [5, 5.41) is 9.84. The van der Waals surface area contributed by atoms with Gasteiger partial charge in [-0.15, -0.1) is 11.3 Å². The molecule has 2 N–H and O–H groups in total. The predicted octanol–water partition coefficient (Wildman–Crippen LogP) is 3.16. The molecule has 5 heteroatoms. The van der Waals surface area contributed by atoms with E-state index in [-0.39, 0.29) is 11.5 Å². The van der Waals surface area contributed by atoms with Gasteiger partial charge >= 0.3 is 5.97 Å². The number of benzene rings is 1. The van der Waals surface area contributed by atoms with Crippen molar-refractivity contribution in [3.8, 4) is 0 Å². The first kappa shape index (κ1) is 11.7. The van der Waals surface area contributed by atoms with E-state index in [2.05, 4.69) is 4.98 Å². The second kappa shape index (κ2) is 4.37. The van der Waals surface area contributed by atoms with Crippen molar-refractivity contribution in [2.75, 3.05) is 0 Å². The third kappa shape index (κ3) is 2.04. The van der Waals surface area contributed by atoms with Gasteiger partial charge in [0.15, 0.2) is 0 Å². The molecule has 0 bridgehead atoms. The lowest BCUT2D eigenvalue weighted by atomic mass is 10.1. The summed E-state index contributed by atoms with van der Waals surface area (Å²) >= 11 is 1.41. The Hall–Kier alpha value is -2.40. The fourth-order valence-corrected chi connectivity index (χ4v) is 2.91. The number of H-pyrrole nitrogens is 1. The third-order valence-electron chi connectivity index (χ3n) is 2.82. The number of aromatic nitrogens is 1. The molecular weight excluding hydrogens is 262 g/mol. The van der Waals surface area contributed by atoms with Crippen LogP contribution in [0.4, 0.5) is 0 Å². The molecule has 94 valence electrons. The monoisotopic (exact) mass is 271 g/mol. The molecule has 0 aliphatic heterocycles. The van der Waals surface area contributed by atoms with Crippen LogP contribution in [0.15, 0.2) is 42.6 Å². The molecule has 2 heterocycles. The number of carboxylic acids is 1. The van der Waals surface area contributed by atoms with Crippen molar-refractivity contribution in [3.05, 3.63) is 58.7 Å². The first-order chi connectivity index (χ1) is 9.15. The summed E-state index contributed by atoms with van der Waals surface area (Å²) < 4.78 is 1.04. The van der Waals surface area contributed by atoms with Crippen LogP contribution in [0.3, 0.4) is 0 Å². The van der Waals surface area contributed by atoms with E-state index in [1.807, 2.05) is 30.3 Å². The number of fused-ring (bicyclic) bond motifs is 1. The van der Waals surface area contributed by atoms with Crippen LogP contribution in [0.1, 0.15) is 25.7 Å². The summed E-state index contributed by atoms with van der Waals surface area (Å²) in [5.41, 5.74) is 0.383. The fraction of sp³-hybridized carbons (Fsp3) is 0. The van der Waals surface area contributed by atoms with E-state index in [1.54, 1.807) is 0 Å². The normalized spacial score (nSPS) is 10.7. The number of carboxylic acid groups (broad SMARTS) is 1. The minimum Gasteiger partial charge on any atom is -0.477 e. The zero-order valence-electron chi connectivity index (χ0n) is 9.71. The van der Waals surface area contributed by atoms with Crippen LogP contribution in [0.5, 0.6) is 0 Å². The SMILES string of the molecule is O=C(O)c1cc(C(=O)c2cc3ccccc3s2)c[nH]1. The van der Waals surface area contributed by atoms with Crippen LogP contribution in [0.2, 0.25) is 0 Å². The summed E-state index contributed by atoms with van der Waals surface area (Å²) in [6.45, 7) is 0. The molecule has 0 aliphatic carbocycles. The van der Waals surface area contributed by atoms with Gasteiger partial charge < -0.3 is 10.1 Å². The third-order valence-corrected chi connectivity index (χ3v) is 3.94. The van der Waals surface area contributed by atoms with E-state index in [0.29, 0.717) is 10.4 Å². The standard InChI is InChI=1S/C14H9NO3S/c16-13(9-5-10(14(17)18)15-7-9)12-6-8-3-1-2-4-11(8)19-12/h1-7,15H,(H,17,18). The van der Waals surface area contributed by atoms with E-state index in [0.717, 1.165) is 10.1 Å². The first-order valence-corrected chi connectivity index (χ1v) is 6.42. The van der Waals surface area contributed by atoms with Gasteiger partial charge in [-0.1, -0.05) is 18.2 Å². The Morgan fingerprint density at radius 3 is 2.63 bits per heavy atom. The van der Waals surface area contributed by atoms with Crippen LogP contribution in [0.25, 0.3) is 10.1 Å². The topological polar surface area (TPSA) is 70.2 Å². The first-order valence-electron chi connectivity index (χ1n) is 5.60. The van der Waals surface area contributed by atoms with Gasteiger partial charge in [0.25, 0.3) is 0 Å². The van der Waals surface area contributed by atoms with Gasteiger partial charge in [-0.3, -0.25) is 4.79 Å². The highest BCUT2D eigenvalue weighted by atomic mass is 32.1. The number of hydrogen-bond acceptors (Lipinski definition) is 3. The summed E-state index contributed by atoms with van der Waals surface area (Å²) in [5.74, 6) is -1.24. The van der Waals surface area contributed by atoms with E-state index < -0.39 is 5.97 Å². The number of carbonyl (C=O) groups is 2. The maximum absolute atomic E-state index is 12.2. The van der Waals surface area contributed by atoms with Crippen molar-refractivity contribution in [3.63, 3.8) is 0 Å². The number of nitrogens with one attached hydrogen (secondary N) is 1. The molecule has 1 aromatic carbocycles. The Morgan fingerprint density at radius 1 is 1.16 bits per heavy atom. The van der Waals surface area contributed by atoms with E-state index >= 15 is 0 Å². The summed E-state index contributed by atoms with van der Waals surface area (Å²) in [7, 11) is 0. The van der Waals surface area contributed by atoms with Crippen molar-refractivity contribution in [2.24, 2.45) is 0 Å². The van der Waals surface area contributed by atoms with Crippen LogP contribution in [-0.4, -0.2) is 21.8 Å². The molecule has 0 atom stereocenters. The smallest absolute Gasteiger partial charge is 0.352 e. The molecule has 0 aliphatic rings. The highest BCUT2D eigenvalue weighted by Gasteiger charge is 2.16. The van der Waals surface area contributed by atoms with Gasteiger partial charge in [0.05, 0.1) is 4.88 Å². The second-order valence-electron chi connectivity index (χ2n) is 4.08. The quantitative estimate of drug-likeness (QED) is 0.719. The highest BCUT2D eigenvalue weighted by Crippen LogP contribution is 2.27. The lowest BCUT2D eigenvalue weighted by molar-refractivity contribution is 0.0691. The average Bonchev–Trinajstić information content (AvgIpc) is 3.04. The summed E-state index contributed by atoms with van der Waals surface area (Å²) in [6, 6.07) is 10.9. The molecule has 2 aromatic heterocycles. The number of ketones is 1. The van der Waals surface area contributed by atoms with E-state index in [9.17, 15) is 9.59 Å². The fourth-order valence-electron chi connectivity index (χ4n) is 1.88. The second-order valence-corrected chi connectivity index (χ2v) is 5.17. The molecule has 19 heavy (non-hydrogen) atoms. The minimum absolute atomic E-state index is 0.0180. The number of aromatic carboxylic acids is 1. The number of aromatic amines is 1. The largest absolute Gasteiger partial charge is 0.477 e. The molecule has 0 radical (unpaired) electrons. The molecule has 3 rings (SSSR count). The Morgan fingerprint density at radius 2 is 1.95 bits per heavy atom. The molecule has 0 amide bonds. The summed E-state index contributed by atoms with van der Waals surface area (Å²) in [4.78, 5) is 26.2. The Bertz CT molecular complexity index is 752. The number of thiophene rings is 1. The molecule has 0 saturated carbocycles. The van der Waals surface area contributed by atoms with Crippen LogP contribution in [-0.2, 0) is 0 Å². The van der Waals surface area contributed by atoms with Crippen molar-refractivity contribution in [2.45, 2.75) is 0 Å². The lowest BCUT2D eigenvalue weighted by Crippen LogP contribution is -1.97. The van der Waals surface area contributed by atoms with Crippen LogP contribution in [0, 0.1) is 0 Å². The van der Waals surface area contributed by atoms with Gasteiger partial charge in [0.2, 0.25) is 5.78 Å². The van der Waals surface area contributed by atoms with Gasteiger partial charge in [0.1, 0.15) is 5.69 Å². The van der Waals surface area contributed by atoms with Crippen molar-refractivity contribution in [1.82, 2.24) is 4.98 Å². The molecule has 0 saturated heterocycles. The number of hydrogen-bond donors (Lipinski definition) is 2. The van der Waals surface area contributed by atoms with Crippen molar-refractivity contribution < 1.29 is 14.7 Å². The molecule has 4 nitrogen and oxygen atoms in total. The average molecular weight is 271 g/mol. The van der Waals surface area contributed by atoms with E-state index in [1.165, 1.54) is 23.6 Å². The van der Waals surface area contributed by atoms with Crippen LogP contribution >= 0.6 is 11.3 Å². The zero-order chi connectivity index (χ0) is 13.4. The highest BCUT2D eigenvalue weighted by molar-refractivity contribution is 7.21. The van der Waals surface area contributed by atoms with Gasteiger partial charge in [-0.2, -0.15) is 0 Å². The maximum atomic E-state index is 12.2. The Kier molecular flexibility index (Phi) is 2.68. The Labute approximate surface area is 112 Å². The van der Waals surface area contributed by atoms with Crippen molar-refractivity contribution >= 4 is 33.2 Å². The van der Waals surface area contributed by atoms with Crippen LogP contribution < -0.4 is 0 Å².